The first kappa shape index (κ1) is 24.2. The first-order chi connectivity index (χ1) is 15.8. The molecule has 2 N–H and O–H groups in total. The summed E-state index contributed by atoms with van der Waals surface area (Å²) in [4.78, 5) is 32.9. The average molecular weight is 529 g/mol. The van der Waals surface area contributed by atoms with E-state index in [1.807, 2.05) is 32.0 Å². The first-order valence-corrected chi connectivity index (χ1v) is 11.5. The Kier molecular flexibility index (Phi) is 6.66. The molecule has 34 heavy (non-hydrogen) atoms. The van der Waals surface area contributed by atoms with E-state index < -0.39 is 5.97 Å². The Bertz CT molecular complexity index is 1160. The number of halogens is 1. The summed E-state index contributed by atoms with van der Waals surface area (Å²) >= 11 is 0. The molecule has 0 spiro atoms. The van der Waals surface area contributed by atoms with E-state index in [2.05, 4.69) is 0 Å². The highest BCUT2D eigenvalue weighted by Crippen LogP contribution is 2.41. The maximum Gasteiger partial charge on any atom is 0.323 e. The van der Waals surface area contributed by atoms with Crippen LogP contribution in [0.25, 0.3) is 0 Å². The summed E-state index contributed by atoms with van der Waals surface area (Å²) in [6.07, 6.45) is 2.31. The number of carboxylic acids is 1. The minimum absolute atomic E-state index is 0. The number of rotatable bonds is 7. The van der Waals surface area contributed by atoms with E-state index in [9.17, 15) is 14.7 Å². The van der Waals surface area contributed by atoms with E-state index in [0.29, 0.717) is 54.1 Å². The molecule has 0 saturated heterocycles. The van der Waals surface area contributed by atoms with Gasteiger partial charge in [0.25, 0.3) is 0 Å². The molecule has 1 fully saturated rings. The summed E-state index contributed by atoms with van der Waals surface area (Å²) in [7, 11) is 0. The van der Waals surface area contributed by atoms with Gasteiger partial charge >= 0.3 is 5.97 Å². The van der Waals surface area contributed by atoms with Crippen molar-refractivity contribution in [2.45, 2.75) is 45.1 Å². The standard InChI is InChI=1S/C25H28N4O4.BrH/c1-14(2)18-9-17(10-20-24(18)33-8-7-28(20)13-22(31)32)21(30)12-29-11-16-5-6-19(15-3-4-15)27-23(16)25(29)26;/h5-6,9-10,14-15,26H,3-4,7-8,11-13H2,1-2H3,(H,31,32);1H. The van der Waals surface area contributed by atoms with Crippen LogP contribution in [0.4, 0.5) is 5.69 Å². The number of carbonyl (C=O) groups excluding carboxylic acids is 1. The van der Waals surface area contributed by atoms with Gasteiger partial charge in [0.2, 0.25) is 0 Å². The van der Waals surface area contributed by atoms with E-state index >= 15 is 0 Å². The Hall–Kier alpha value is -2.94. The summed E-state index contributed by atoms with van der Waals surface area (Å²) in [5.41, 5.74) is 4.75. The molecule has 180 valence electrons. The predicted octanol–water partition coefficient (Wildman–Crippen LogP) is 3.97. The number of carboxylic acid groups (broad SMARTS) is 1. The molecule has 2 aromatic rings. The Morgan fingerprint density at radius 3 is 2.65 bits per heavy atom. The van der Waals surface area contributed by atoms with Crippen molar-refractivity contribution in [3.05, 3.63) is 52.3 Å². The van der Waals surface area contributed by atoms with Crippen molar-refractivity contribution < 1.29 is 19.4 Å². The third-order valence-corrected chi connectivity index (χ3v) is 6.55. The van der Waals surface area contributed by atoms with Crippen LogP contribution in [0.15, 0.2) is 24.3 Å². The van der Waals surface area contributed by atoms with Crippen LogP contribution in [0.5, 0.6) is 5.75 Å². The number of carbonyl (C=O) groups is 2. The number of ether oxygens (including phenoxy) is 1. The maximum absolute atomic E-state index is 13.3. The highest BCUT2D eigenvalue weighted by molar-refractivity contribution is 8.93. The molecule has 2 aliphatic heterocycles. The molecule has 8 nitrogen and oxygen atoms in total. The Morgan fingerprint density at radius 2 is 1.97 bits per heavy atom. The van der Waals surface area contributed by atoms with Gasteiger partial charge in [0, 0.05) is 29.3 Å². The number of Topliss-reactive ketones (excluding diaryl/α,β-unsaturated/α-hetero) is 1. The predicted molar refractivity (Wildman–Crippen MR) is 134 cm³/mol. The second-order valence-corrected chi connectivity index (χ2v) is 9.38. The number of anilines is 1. The number of benzene rings is 1. The van der Waals surface area contributed by atoms with Gasteiger partial charge in [-0.1, -0.05) is 19.9 Å². The lowest BCUT2D eigenvalue weighted by molar-refractivity contribution is -0.135. The fourth-order valence-electron chi connectivity index (χ4n) is 4.60. The van der Waals surface area contributed by atoms with Crippen LogP contribution < -0.4 is 9.64 Å². The van der Waals surface area contributed by atoms with Gasteiger partial charge < -0.3 is 19.6 Å². The Labute approximate surface area is 209 Å². The van der Waals surface area contributed by atoms with Gasteiger partial charge in [-0.25, -0.2) is 4.98 Å². The third-order valence-electron chi connectivity index (χ3n) is 6.55. The molecule has 0 unspecified atom stereocenters. The van der Waals surface area contributed by atoms with Crippen molar-refractivity contribution in [3.63, 3.8) is 0 Å². The highest BCUT2D eigenvalue weighted by atomic mass is 79.9. The normalized spacial score (nSPS) is 16.6. The van der Waals surface area contributed by atoms with Crippen LogP contribution in [0.1, 0.15) is 71.4 Å². The lowest BCUT2D eigenvalue weighted by atomic mass is 9.95. The maximum atomic E-state index is 13.3. The van der Waals surface area contributed by atoms with Crippen LogP contribution in [0.2, 0.25) is 0 Å². The zero-order valence-electron chi connectivity index (χ0n) is 19.3. The summed E-state index contributed by atoms with van der Waals surface area (Å²) in [6, 6.07) is 7.67. The molecule has 1 aromatic heterocycles. The smallest absolute Gasteiger partial charge is 0.323 e. The van der Waals surface area contributed by atoms with Gasteiger partial charge in [0.15, 0.2) is 5.78 Å². The van der Waals surface area contributed by atoms with Crippen LogP contribution in [-0.2, 0) is 11.3 Å². The molecule has 0 atom stereocenters. The van der Waals surface area contributed by atoms with E-state index in [-0.39, 0.29) is 41.8 Å². The number of ketones is 1. The summed E-state index contributed by atoms with van der Waals surface area (Å²) in [5.74, 6) is 0.536. The van der Waals surface area contributed by atoms with E-state index in [4.69, 9.17) is 15.1 Å². The second kappa shape index (κ2) is 9.37. The van der Waals surface area contributed by atoms with Crippen molar-refractivity contribution >= 4 is 40.3 Å². The van der Waals surface area contributed by atoms with E-state index in [0.717, 1.165) is 29.7 Å². The molecule has 3 heterocycles. The SMILES string of the molecule is Br.CC(C)c1cc(C(=O)CN2Cc3ccc(C4CC4)nc3C2=N)cc2c1OCCN2CC(=O)O. The molecule has 0 amide bonds. The zero-order chi connectivity index (χ0) is 23.3. The molecule has 1 saturated carbocycles. The molecule has 5 rings (SSSR count). The zero-order valence-corrected chi connectivity index (χ0v) is 21.0. The van der Waals surface area contributed by atoms with Crippen molar-refractivity contribution in [3.8, 4) is 5.75 Å². The Morgan fingerprint density at radius 1 is 1.21 bits per heavy atom. The van der Waals surface area contributed by atoms with Crippen LogP contribution >= 0.6 is 17.0 Å². The molecular formula is C25H29BrN4O4. The number of hydrogen-bond donors (Lipinski definition) is 2. The molecule has 1 aromatic carbocycles. The first-order valence-electron chi connectivity index (χ1n) is 11.5. The van der Waals surface area contributed by atoms with E-state index in [1.54, 1.807) is 15.9 Å². The second-order valence-electron chi connectivity index (χ2n) is 9.38. The number of hydrogen-bond acceptors (Lipinski definition) is 6. The number of aliphatic carboxylic acids is 1. The largest absolute Gasteiger partial charge is 0.489 e. The Balaban J connectivity index is 0.00000274. The molecule has 0 radical (unpaired) electrons. The molecule has 1 aliphatic carbocycles. The molecule has 3 aliphatic rings. The van der Waals surface area contributed by atoms with Crippen molar-refractivity contribution in [1.82, 2.24) is 9.88 Å². The highest BCUT2D eigenvalue weighted by Gasteiger charge is 2.32. The lowest BCUT2D eigenvalue weighted by Crippen LogP contribution is -2.37. The van der Waals surface area contributed by atoms with Gasteiger partial charge in [-0.15, -0.1) is 17.0 Å². The van der Waals surface area contributed by atoms with Gasteiger partial charge in [0.05, 0.1) is 18.8 Å². The van der Waals surface area contributed by atoms with E-state index in [1.165, 1.54) is 0 Å². The summed E-state index contributed by atoms with van der Waals surface area (Å²) in [6.45, 7) is 5.34. The fraction of sp³-hybridized carbons (Fsp3) is 0.440. The van der Waals surface area contributed by atoms with Crippen LogP contribution in [-0.4, -0.2) is 58.8 Å². The third kappa shape index (κ3) is 4.53. The van der Waals surface area contributed by atoms with Crippen LogP contribution in [0.3, 0.4) is 0 Å². The number of amidine groups is 1. The van der Waals surface area contributed by atoms with Crippen LogP contribution in [0, 0.1) is 5.41 Å². The summed E-state index contributed by atoms with van der Waals surface area (Å²) in [5, 5.41) is 17.9. The monoisotopic (exact) mass is 528 g/mol. The van der Waals surface area contributed by atoms with Crippen molar-refractivity contribution in [1.29, 1.82) is 5.41 Å². The number of nitrogens with one attached hydrogen (secondary N) is 1. The minimum Gasteiger partial charge on any atom is -0.489 e. The minimum atomic E-state index is -0.924. The number of aromatic nitrogens is 1. The number of pyridine rings is 1. The van der Waals surface area contributed by atoms with Gasteiger partial charge in [-0.05, 0) is 42.5 Å². The van der Waals surface area contributed by atoms with Gasteiger partial charge in [-0.3, -0.25) is 15.0 Å². The summed E-state index contributed by atoms with van der Waals surface area (Å²) < 4.78 is 5.89. The van der Waals surface area contributed by atoms with Crippen molar-refractivity contribution in [2.75, 3.05) is 31.1 Å². The fourth-order valence-corrected chi connectivity index (χ4v) is 4.60. The lowest BCUT2D eigenvalue weighted by Gasteiger charge is -2.32. The average Bonchev–Trinajstić information content (AvgIpc) is 3.58. The quantitative estimate of drug-likeness (QED) is 0.523. The molecular weight excluding hydrogens is 500 g/mol. The molecule has 0 bridgehead atoms. The molecule has 9 heteroatoms. The number of nitrogens with zero attached hydrogens (tertiary/aromatic N) is 3. The van der Waals surface area contributed by atoms with Gasteiger partial charge in [0.1, 0.15) is 30.4 Å². The topological polar surface area (TPSA) is 107 Å². The number of fused-ring (bicyclic) bond motifs is 2. The van der Waals surface area contributed by atoms with Crippen molar-refractivity contribution in [2.24, 2.45) is 0 Å². The van der Waals surface area contributed by atoms with Gasteiger partial charge in [-0.2, -0.15) is 0 Å².